The minimum Gasteiger partial charge on any atom is -0.346 e. The molecule has 0 fully saturated rings. The summed E-state index contributed by atoms with van der Waals surface area (Å²) < 4.78 is 0. The average molecular weight is 309 g/mol. The van der Waals surface area contributed by atoms with E-state index in [0.29, 0.717) is 5.69 Å². The van der Waals surface area contributed by atoms with Crippen molar-refractivity contribution in [1.82, 2.24) is 10.3 Å². The Hall–Kier alpha value is -2.36. The topological polar surface area (TPSA) is 45.2 Å². The van der Waals surface area contributed by atoms with Crippen LogP contribution in [0.1, 0.15) is 43.2 Å². The molecule has 0 saturated carbocycles. The number of nitrogens with one attached hydrogen (secondary N) is 1. The first kappa shape index (κ1) is 15.5. The molecule has 1 N–H and O–H groups in total. The summed E-state index contributed by atoms with van der Waals surface area (Å²) in [5, 5.41) is 2.96. The Balaban J connectivity index is 1.91. The van der Waals surface area contributed by atoms with Crippen molar-refractivity contribution in [3.63, 3.8) is 0 Å². The van der Waals surface area contributed by atoms with Crippen molar-refractivity contribution < 1.29 is 4.79 Å². The third-order valence-electron chi connectivity index (χ3n) is 3.89. The van der Waals surface area contributed by atoms with Crippen LogP contribution in [0.4, 0.5) is 11.4 Å². The van der Waals surface area contributed by atoms with E-state index in [1.807, 2.05) is 32.9 Å². The van der Waals surface area contributed by atoms with E-state index in [9.17, 15) is 4.79 Å². The number of anilines is 2. The lowest BCUT2D eigenvalue weighted by atomic mass is 10.0. The smallest absolute Gasteiger partial charge is 0.270 e. The maximum absolute atomic E-state index is 12.3. The van der Waals surface area contributed by atoms with Gasteiger partial charge in [0.05, 0.1) is 0 Å². The van der Waals surface area contributed by atoms with Crippen LogP contribution in [0.2, 0.25) is 0 Å². The van der Waals surface area contributed by atoms with Crippen molar-refractivity contribution >= 4 is 17.3 Å². The lowest BCUT2D eigenvalue weighted by Crippen LogP contribution is -2.41. The number of aromatic nitrogens is 1. The highest BCUT2D eigenvalue weighted by molar-refractivity contribution is 5.93. The first-order valence-corrected chi connectivity index (χ1v) is 8.08. The number of benzene rings is 1. The molecule has 1 aliphatic heterocycles. The van der Waals surface area contributed by atoms with Crippen LogP contribution in [0.25, 0.3) is 0 Å². The van der Waals surface area contributed by atoms with Crippen molar-refractivity contribution in [2.24, 2.45) is 0 Å². The number of rotatable bonds is 2. The van der Waals surface area contributed by atoms with E-state index in [-0.39, 0.29) is 11.4 Å². The molecule has 4 heteroatoms. The fraction of sp³-hybridized carbons (Fsp3) is 0.368. The summed E-state index contributed by atoms with van der Waals surface area (Å²) in [5.74, 6) is -0.135. The van der Waals surface area contributed by atoms with Crippen molar-refractivity contribution in [3.8, 4) is 0 Å². The molecule has 0 bridgehead atoms. The number of carbonyl (C=O) groups excluding carboxylic acids is 1. The zero-order valence-corrected chi connectivity index (χ0v) is 14.0. The predicted molar refractivity (Wildman–Crippen MR) is 93.2 cm³/mol. The fourth-order valence-corrected chi connectivity index (χ4v) is 2.92. The van der Waals surface area contributed by atoms with Gasteiger partial charge >= 0.3 is 0 Å². The van der Waals surface area contributed by atoms with Gasteiger partial charge in [0.15, 0.2) is 0 Å². The number of aryl methyl sites for hydroxylation is 1. The highest BCUT2D eigenvalue weighted by Crippen LogP contribution is 2.33. The first-order valence-electron chi connectivity index (χ1n) is 8.08. The normalized spacial score (nSPS) is 14.3. The minimum absolute atomic E-state index is 0.135. The third kappa shape index (κ3) is 3.52. The van der Waals surface area contributed by atoms with Crippen LogP contribution in [0.3, 0.4) is 0 Å². The predicted octanol–water partition coefficient (Wildman–Crippen LogP) is 3.69. The summed E-state index contributed by atoms with van der Waals surface area (Å²) >= 11 is 0. The van der Waals surface area contributed by atoms with Crippen LogP contribution < -0.4 is 10.2 Å². The van der Waals surface area contributed by atoms with Crippen LogP contribution in [-0.2, 0) is 6.42 Å². The van der Waals surface area contributed by atoms with E-state index < -0.39 is 0 Å². The van der Waals surface area contributed by atoms with E-state index >= 15 is 0 Å². The number of amides is 1. The van der Waals surface area contributed by atoms with Gasteiger partial charge in [0.25, 0.3) is 5.91 Å². The molecule has 0 saturated heterocycles. The fourth-order valence-electron chi connectivity index (χ4n) is 2.92. The molecule has 1 aliphatic rings. The molecule has 2 aromatic rings. The molecular weight excluding hydrogens is 286 g/mol. The SMILES string of the molecule is CC(C)(C)NC(=O)c1cc(N2CCCc3ccccc32)ccn1. The summed E-state index contributed by atoms with van der Waals surface area (Å²) in [5.41, 5.74) is 3.79. The zero-order chi connectivity index (χ0) is 16.4. The third-order valence-corrected chi connectivity index (χ3v) is 3.89. The van der Waals surface area contributed by atoms with Gasteiger partial charge in [-0.15, -0.1) is 0 Å². The molecule has 4 nitrogen and oxygen atoms in total. The van der Waals surface area contributed by atoms with Crippen molar-refractivity contribution in [2.75, 3.05) is 11.4 Å². The molecule has 0 radical (unpaired) electrons. The van der Waals surface area contributed by atoms with E-state index in [4.69, 9.17) is 0 Å². The Morgan fingerprint density at radius 3 is 2.78 bits per heavy atom. The van der Waals surface area contributed by atoms with Gasteiger partial charge in [-0.05, 0) is 57.4 Å². The van der Waals surface area contributed by atoms with E-state index in [1.165, 1.54) is 11.3 Å². The van der Waals surface area contributed by atoms with Crippen LogP contribution in [0, 0.1) is 0 Å². The molecule has 120 valence electrons. The molecule has 0 spiro atoms. The number of carbonyl (C=O) groups is 1. The lowest BCUT2D eigenvalue weighted by molar-refractivity contribution is 0.0914. The average Bonchev–Trinajstić information content (AvgIpc) is 2.53. The van der Waals surface area contributed by atoms with Crippen molar-refractivity contribution in [3.05, 3.63) is 53.9 Å². The molecule has 23 heavy (non-hydrogen) atoms. The van der Waals surface area contributed by atoms with Gasteiger partial charge in [0.1, 0.15) is 5.69 Å². The van der Waals surface area contributed by atoms with Gasteiger partial charge in [-0.2, -0.15) is 0 Å². The summed E-state index contributed by atoms with van der Waals surface area (Å²) in [4.78, 5) is 18.9. The minimum atomic E-state index is -0.271. The first-order chi connectivity index (χ1) is 10.9. The summed E-state index contributed by atoms with van der Waals surface area (Å²) in [6, 6.07) is 12.3. The van der Waals surface area contributed by atoms with Crippen LogP contribution in [0.5, 0.6) is 0 Å². The van der Waals surface area contributed by atoms with E-state index in [2.05, 4.69) is 39.5 Å². The number of hydrogen-bond donors (Lipinski definition) is 1. The molecule has 1 amide bonds. The quantitative estimate of drug-likeness (QED) is 0.920. The number of hydrogen-bond acceptors (Lipinski definition) is 3. The Morgan fingerprint density at radius 1 is 1.22 bits per heavy atom. The Bertz CT molecular complexity index is 719. The van der Waals surface area contributed by atoms with E-state index in [0.717, 1.165) is 25.1 Å². The summed E-state index contributed by atoms with van der Waals surface area (Å²) in [7, 11) is 0. The molecular formula is C19H23N3O. The van der Waals surface area contributed by atoms with Crippen LogP contribution >= 0.6 is 0 Å². The van der Waals surface area contributed by atoms with Crippen molar-refractivity contribution in [2.45, 2.75) is 39.2 Å². The zero-order valence-electron chi connectivity index (χ0n) is 14.0. The second-order valence-corrected chi connectivity index (χ2v) is 6.99. The molecule has 1 aromatic heterocycles. The van der Waals surface area contributed by atoms with Gasteiger partial charge in [-0.3, -0.25) is 9.78 Å². The highest BCUT2D eigenvalue weighted by Gasteiger charge is 2.20. The molecule has 2 heterocycles. The highest BCUT2D eigenvalue weighted by atomic mass is 16.2. The molecule has 1 aromatic carbocycles. The van der Waals surface area contributed by atoms with Gasteiger partial charge < -0.3 is 10.2 Å². The van der Waals surface area contributed by atoms with Crippen LogP contribution in [0.15, 0.2) is 42.6 Å². The standard InChI is InChI=1S/C19H23N3O/c1-19(2,3)21-18(23)16-13-15(10-11-20-16)22-12-6-8-14-7-4-5-9-17(14)22/h4-5,7,9-11,13H,6,8,12H2,1-3H3,(H,21,23). The maximum Gasteiger partial charge on any atom is 0.270 e. The number of pyridine rings is 1. The number of nitrogens with zero attached hydrogens (tertiary/aromatic N) is 2. The number of fused-ring (bicyclic) bond motifs is 1. The molecule has 0 unspecified atom stereocenters. The van der Waals surface area contributed by atoms with Gasteiger partial charge in [-0.1, -0.05) is 18.2 Å². The molecule has 0 atom stereocenters. The molecule has 3 rings (SSSR count). The van der Waals surface area contributed by atoms with Crippen molar-refractivity contribution in [1.29, 1.82) is 0 Å². The molecule has 0 aliphatic carbocycles. The maximum atomic E-state index is 12.3. The lowest BCUT2D eigenvalue weighted by Gasteiger charge is -2.31. The summed E-state index contributed by atoms with van der Waals surface area (Å²) in [6.07, 6.45) is 3.93. The van der Waals surface area contributed by atoms with Gasteiger partial charge in [0, 0.05) is 29.7 Å². The Kier molecular flexibility index (Phi) is 4.07. The Labute approximate surface area is 137 Å². The van der Waals surface area contributed by atoms with Gasteiger partial charge in [0.2, 0.25) is 0 Å². The Morgan fingerprint density at radius 2 is 2.00 bits per heavy atom. The largest absolute Gasteiger partial charge is 0.346 e. The summed E-state index contributed by atoms with van der Waals surface area (Å²) in [6.45, 7) is 6.86. The van der Waals surface area contributed by atoms with E-state index in [1.54, 1.807) is 6.20 Å². The second kappa shape index (κ2) is 6.03. The second-order valence-electron chi connectivity index (χ2n) is 6.99. The number of para-hydroxylation sites is 1. The van der Waals surface area contributed by atoms with Gasteiger partial charge in [-0.25, -0.2) is 0 Å². The monoisotopic (exact) mass is 309 g/mol. The van der Waals surface area contributed by atoms with Crippen LogP contribution in [-0.4, -0.2) is 23.0 Å².